The second kappa shape index (κ2) is 28.5. The first-order chi connectivity index (χ1) is 34.2. The van der Waals surface area contributed by atoms with Crippen LogP contribution < -0.4 is 55.1 Å². The predicted molar refractivity (Wildman–Crippen MR) is 264 cm³/mol. The van der Waals surface area contributed by atoms with Gasteiger partial charge in [0.2, 0.25) is 23.5 Å². The van der Waals surface area contributed by atoms with Gasteiger partial charge in [0.05, 0.1) is 37.5 Å². The van der Waals surface area contributed by atoms with Crippen LogP contribution in [-0.2, 0) is 48.8 Å². The maximum atomic E-state index is 13.4. The van der Waals surface area contributed by atoms with E-state index in [0.29, 0.717) is 61.2 Å². The fourth-order valence-corrected chi connectivity index (χ4v) is 8.12. The molecule has 1 saturated heterocycles. The maximum absolute atomic E-state index is 13.4. The summed E-state index contributed by atoms with van der Waals surface area (Å²) in [5, 5.41) is 26.7. The van der Waals surface area contributed by atoms with Gasteiger partial charge in [-0.05, 0) is 80.5 Å². The number of likely N-dealkylation sites (tertiary alicyclic amines) is 1. The number of aliphatic hydroxyl groups excluding tert-OH is 1. The van der Waals surface area contributed by atoms with Gasteiger partial charge >= 0.3 is 35.7 Å². The summed E-state index contributed by atoms with van der Waals surface area (Å²) in [6, 6.07) is 22.4. The van der Waals surface area contributed by atoms with Crippen LogP contribution in [0.1, 0.15) is 98.2 Å². The summed E-state index contributed by atoms with van der Waals surface area (Å²) in [4.78, 5) is 46.0. The molecular weight excluding hydrogens is 941 g/mol. The monoisotopic (exact) mass is 1010 g/mol. The fraction of sp³-hybridized carbons (Fsp3) is 0.462. The molecule has 3 aromatic heterocycles. The zero-order valence-electron chi connectivity index (χ0n) is 42.1. The molecule has 1 unspecified atom stereocenters. The van der Waals surface area contributed by atoms with Crippen LogP contribution in [0, 0.1) is 6.07 Å². The number of aromatic nitrogens is 5. The standard InChI is InChI=1S/C43H45F3N9O6.C6H13N.C3H8.Na/c1-53-24-39(58)50-33(25-56)17-31-14-15-34(19-36(31)53)60-26-29-12-10-28(11-13-29)20-47-38(57)9-3-2-6-16-54-23-32(21-49-54)42(59)48-22-40-51-41(52-61-40)37-18-30-7-4-5-8-35(30)55(37)27-43(44,45)46;1-7-5-3-2-4-6-7;1-3-2;/h4-5,8,10-15,18-19,21,23,33,56H,2-3,6,9,16-17,20,22,24-27H2,1H3,(H,47,57)(H,48,59)(H,50,58);2-6H2,1H3;3H2,1-2H3;/q-1;;;+1. The first-order valence-corrected chi connectivity index (χ1v) is 24.3. The van der Waals surface area contributed by atoms with Gasteiger partial charge in [0.25, 0.3) is 5.91 Å². The van der Waals surface area contributed by atoms with Crippen LogP contribution in [0.3, 0.4) is 0 Å². The van der Waals surface area contributed by atoms with Crippen molar-refractivity contribution in [1.29, 1.82) is 0 Å². The number of anilines is 1. The summed E-state index contributed by atoms with van der Waals surface area (Å²) >= 11 is 0. The summed E-state index contributed by atoms with van der Waals surface area (Å²) in [7, 11) is 4.04. The number of aryl methyl sites for hydroxylation is 1. The number of likely N-dealkylation sites (N-methyl/N-ethyl adjacent to an activating group) is 1. The van der Waals surface area contributed by atoms with Crippen LogP contribution in [-0.4, -0.2) is 105 Å². The Morgan fingerprint density at radius 1 is 0.972 bits per heavy atom. The molecule has 0 saturated carbocycles. The van der Waals surface area contributed by atoms with Crippen molar-refractivity contribution in [2.45, 2.75) is 117 Å². The molecule has 2 aliphatic rings. The number of aliphatic hydroxyl groups is 1. The zero-order valence-corrected chi connectivity index (χ0v) is 44.1. The molecule has 4 N–H and O–H groups in total. The molecule has 0 radical (unpaired) electrons. The molecule has 0 bridgehead atoms. The molecule has 6 aromatic rings. The Labute approximate surface area is 441 Å². The molecule has 2 aliphatic heterocycles. The van der Waals surface area contributed by atoms with Crippen molar-refractivity contribution in [2.24, 2.45) is 0 Å². The third kappa shape index (κ3) is 17.8. The SMILES string of the molecule is CCC.CN1CC(=O)NC(CO)Cc2ccc(OCc3ccc(CNC(=O)CCCCCn4cc(C(=O)NCc5nc(-c6cc7[c-]cccc7n6CC(F)(F)F)no5)cn4)cc3)cc21.CN1CCCCC1.[Na+]. The van der Waals surface area contributed by atoms with E-state index in [1.54, 1.807) is 29.1 Å². The summed E-state index contributed by atoms with van der Waals surface area (Å²) in [5.74, 6) is 0.0220. The molecule has 0 aliphatic carbocycles. The number of hydrogen-bond donors (Lipinski definition) is 4. The van der Waals surface area contributed by atoms with Crippen molar-refractivity contribution in [3.05, 3.63) is 113 Å². The Hall–Kier alpha value is -5.73. The first kappa shape index (κ1) is 57.2. The molecule has 72 heavy (non-hydrogen) atoms. The maximum Gasteiger partial charge on any atom is 1.00 e. The Bertz CT molecular complexity index is 2630. The summed E-state index contributed by atoms with van der Waals surface area (Å²) in [6.07, 6.45) is 7.20. The molecule has 1 fully saturated rings. The number of hydrogen-bond acceptors (Lipinski definition) is 11. The third-order valence-corrected chi connectivity index (χ3v) is 11.7. The molecule has 5 heterocycles. The minimum atomic E-state index is -4.48. The van der Waals surface area contributed by atoms with Gasteiger partial charge in [-0.3, -0.25) is 19.1 Å². The second-order valence-corrected chi connectivity index (χ2v) is 17.9. The molecule has 20 heteroatoms. The Kier molecular flexibility index (Phi) is 22.6. The zero-order chi connectivity index (χ0) is 50.8. The number of ether oxygens (including phenoxy) is 1. The molecule has 382 valence electrons. The van der Waals surface area contributed by atoms with E-state index < -0.39 is 18.6 Å². The van der Waals surface area contributed by atoms with Crippen LogP contribution in [0.15, 0.2) is 83.6 Å². The number of unbranched alkanes of at least 4 members (excludes halogenated alkanes) is 2. The van der Waals surface area contributed by atoms with E-state index in [1.165, 1.54) is 51.0 Å². The van der Waals surface area contributed by atoms with Gasteiger partial charge < -0.3 is 44.7 Å². The largest absolute Gasteiger partial charge is 1.00 e. The molecule has 3 amide bonds. The Morgan fingerprint density at radius 2 is 1.72 bits per heavy atom. The number of nitrogens with zero attached hydrogens (tertiary/aromatic N) is 7. The fourth-order valence-electron chi connectivity index (χ4n) is 8.12. The average molecular weight is 1010 g/mol. The summed E-state index contributed by atoms with van der Waals surface area (Å²) in [6.45, 7) is 6.85. The van der Waals surface area contributed by atoms with E-state index in [0.717, 1.165) is 39.8 Å². The van der Waals surface area contributed by atoms with Crippen molar-refractivity contribution in [1.82, 2.24) is 45.3 Å². The number of alkyl halides is 3. The van der Waals surface area contributed by atoms with E-state index in [-0.39, 0.29) is 84.5 Å². The van der Waals surface area contributed by atoms with Crippen molar-refractivity contribution in [3.8, 4) is 17.3 Å². The number of rotatable bonds is 17. The van der Waals surface area contributed by atoms with Gasteiger partial charge in [0.15, 0.2) is 0 Å². The number of benzene rings is 3. The minimum Gasteiger partial charge on any atom is -0.489 e. The van der Waals surface area contributed by atoms with E-state index in [4.69, 9.17) is 9.26 Å². The molecule has 8 rings (SSSR count). The summed E-state index contributed by atoms with van der Waals surface area (Å²) < 4.78 is 54.1. The van der Waals surface area contributed by atoms with Crippen LogP contribution >= 0.6 is 0 Å². The Morgan fingerprint density at radius 3 is 2.43 bits per heavy atom. The Balaban J connectivity index is 0.000000789. The smallest absolute Gasteiger partial charge is 0.489 e. The van der Waals surface area contributed by atoms with Crippen LogP contribution in [0.5, 0.6) is 5.75 Å². The van der Waals surface area contributed by atoms with Gasteiger partial charge in [-0.25, -0.2) is 0 Å². The number of halogens is 3. The number of carbonyl (C=O) groups excluding carboxylic acids is 3. The van der Waals surface area contributed by atoms with E-state index in [9.17, 15) is 32.7 Å². The number of piperidine rings is 1. The van der Waals surface area contributed by atoms with Gasteiger partial charge in [-0.15, -0.1) is 35.7 Å². The third-order valence-electron chi connectivity index (χ3n) is 11.7. The quantitative estimate of drug-likeness (QED) is 0.0568. The van der Waals surface area contributed by atoms with Crippen molar-refractivity contribution in [3.63, 3.8) is 0 Å². The number of nitrogens with one attached hydrogen (secondary N) is 3. The molecular formula is C52H66F3N10NaO6. The number of amides is 3. The van der Waals surface area contributed by atoms with E-state index in [2.05, 4.69) is 63.1 Å². The molecule has 16 nitrogen and oxygen atoms in total. The van der Waals surface area contributed by atoms with Crippen LogP contribution in [0.25, 0.3) is 22.4 Å². The van der Waals surface area contributed by atoms with Gasteiger partial charge in [0.1, 0.15) is 18.9 Å². The van der Waals surface area contributed by atoms with Crippen molar-refractivity contribution < 1.29 is 71.5 Å². The topological polar surface area (TPSA) is 185 Å². The van der Waals surface area contributed by atoms with Gasteiger partial charge in [-0.1, -0.05) is 68.6 Å². The van der Waals surface area contributed by atoms with E-state index in [1.807, 2.05) is 54.4 Å². The second-order valence-electron chi connectivity index (χ2n) is 17.9. The van der Waals surface area contributed by atoms with Crippen molar-refractivity contribution >= 4 is 34.3 Å². The van der Waals surface area contributed by atoms with Crippen molar-refractivity contribution in [2.75, 3.05) is 45.2 Å². The van der Waals surface area contributed by atoms with Crippen LogP contribution in [0.2, 0.25) is 0 Å². The van der Waals surface area contributed by atoms with Crippen LogP contribution in [0.4, 0.5) is 18.9 Å². The van der Waals surface area contributed by atoms with E-state index >= 15 is 0 Å². The molecule has 1 atom stereocenters. The predicted octanol–water partition coefficient (Wildman–Crippen LogP) is 4.63. The normalized spacial score (nSPS) is 14.8. The summed E-state index contributed by atoms with van der Waals surface area (Å²) in [5.41, 5.74) is 4.59. The number of fused-ring (bicyclic) bond motifs is 2. The van der Waals surface area contributed by atoms with Gasteiger partial charge in [0, 0.05) is 50.2 Å². The average Bonchev–Trinajstić information content (AvgIpc) is 4.12. The van der Waals surface area contributed by atoms with Gasteiger partial charge in [-0.2, -0.15) is 23.3 Å². The minimum absolute atomic E-state index is 0. The number of carbonyl (C=O) groups is 3. The molecule has 0 spiro atoms. The molecule has 3 aromatic carbocycles. The first-order valence-electron chi connectivity index (χ1n) is 24.3.